The van der Waals surface area contributed by atoms with E-state index in [0.29, 0.717) is 11.6 Å². The molecular formula is C16H29ClN2. The predicted octanol–water partition coefficient (Wildman–Crippen LogP) is 3.91. The topological polar surface area (TPSA) is 15.3 Å². The molecule has 1 aliphatic carbocycles. The first-order valence-electron chi connectivity index (χ1n) is 7.94. The van der Waals surface area contributed by atoms with E-state index in [9.17, 15) is 0 Å². The zero-order chi connectivity index (χ0) is 13.7. The number of piperazine rings is 1. The Morgan fingerprint density at radius 3 is 2.74 bits per heavy atom. The van der Waals surface area contributed by atoms with Crippen molar-refractivity contribution in [3.05, 3.63) is 11.1 Å². The van der Waals surface area contributed by atoms with Gasteiger partial charge in [-0.3, -0.25) is 4.90 Å². The molecule has 2 fully saturated rings. The van der Waals surface area contributed by atoms with Gasteiger partial charge in [0.15, 0.2) is 0 Å². The van der Waals surface area contributed by atoms with E-state index in [1.165, 1.54) is 63.6 Å². The van der Waals surface area contributed by atoms with E-state index in [-0.39, 0.29) is 0 Å². The highest BCUT2D eigenvalue weighted by atomic mass is 35.5. The fourth-order valence-corrected chi connectivity index (χ4v) is 3.85. The molecule has 1 unspecified atom stereocenters. The molecule has 1 spiro atoms. The molecule has 19 heavy (non-hydrogen) atoms. The van der Waals surface area contributed by atoms with Crippen molar-refractivity contribution < 1.29 is 0 Å². The van der Waals surface area contributed by atoms with Gasteiger partial charge in [-0.1, -0.05) is 44.2 Å². The van der Waals surface area contributed by atoms with Crippen LogP contribution >= 0.6 is 11.6 Å². The van der Waals surface area contributed by atoms with Crippen molar-refractivity contribution in [2.75, 3.05) is 19.6 Å². The largest absolute Gasteiger partial charge is 0.311 e. The molecule has 1 saturated heterocycles. The third-order valence-corrected chi connectivity index (χ3v) is 5.25. The lowest BCUT2D eigenvalue weighted by atomic mass is 9.78. The summed E-state index contributed by atoms with van der Waals surface area (Å²) in [5.41, 5.74) is 3.46. The second-order valence-corrected chi connectivity index (χ2v) is 6.71. The summed E-state index contributed by atoms with van der Waals surface area (Å²) >= 11 is 5.89. The Morgan fingerprint density at radius 2 is 2.11 bits per heavy atom. The smallest absolute Gasteiger partial charge is 0.0338 e. The Bertz CT molecular complexity index is 308. The van der Waals surface area contributed by atoms with Gasteiger partial charge in [0.1, 0.15) is 0 Å². The molecule has 0 amide bonds. The number of hydrogen-bond acceptors (Lipinski definition) is 2. The minimum Gasteiger partial charge on any atom is -0.311 e. The summed E-state index contributed by atoms with van der Waals surface area (Å²) in [5, 5.41) is 3.81. The number of rotatable bonds is 4. The first-order valence-corrected chi connectivity index (χ1v) is 8.38. The third kappa shape index (κ3) is 3.74. The van der Waals surface area contributed by atoms with Crippen LogP contribution in [0.25, 0.3) is 0 Å². The molecule has 0 bridgehead atoms. The van der Waals surface area contributed by atoms with Crippen molar-refractivity contribution >= 4 is 11.6 Å². The van der Waals surface area contributed by atoms with Crippen LogP contribution in [0.1, 0.15) is 58.8 Å². The molecule has 0 radical (unpaired) electrons. The maximum atomic E-state index is 5.89. The lowest BCUT2D eigenvalue weighted by Gasteiger charge is -2.52. The summed E-state index contributed by atoms with van der Waals surface area (Å²) in [5.74, 6) is 0. The van der Waals surface area contributed by atoms with Crippen molar-refractivity contribution in [1.29, 1.82) is 0 Å². The average molecular weight is 285 g/mol. The maximum absolute atomic E-state index is 5.89. The fraction of sp³-hybridized carbons (Fsp3) is 0.875. The predicted molar refractivity (Wildman–Crippen MR) is 83.7 cm³/mol. The summed E-state index contributed by atoms with van der Waals surface area (Å²) in [6, 6.07) is 0.667. The van der Waals surface area contributed by atoms with E-state index < -0.39 is 0 Å². The summed E-state index contributed by atoms with van der Waals surface area (Å²) in [6.45, 7) is 7.84. The summed E-state index contributed by atoms with van der Waals surface area (Å²) in [6.07, 6.45) is 9.46. The third-order valence-electron chi connectivity index (χ3n) is 4.88. The number of halogens is 1. The van der Waals surface area contributed by atoms with Gasteiger partial charge in [0.2, 0.25) is 0 Å². The molecule has 0 aromatic carbocycles. The second-order valence-electron chi connectivity index (χ2n) is 6.49. The zero-order valence-electron chi connectivity index (χ0n) is 12.6. The lowest BCUT2D eigenvalue weighted by molar-refractivity contribution is 0.0158. The van der Waals surface area contributed by atoms with Gasteiger partial charge in [-0.2, -0.15) is 0 Å². The minimum atomic E-state index is 0.406. The second kappa shape index (κ2) is 7.10. The van der Waals surface area contributed by atoms with Gasteiger partial charge < -0.3 is 5.32 Å². The monoisotopic (exact) mass is 284 g/mol. The van der Waals surface area contributed by atoms with Gasteiger partial charge in [0.05, 0.1) is 0 Å². The van der Waals surface area contributed by atoms with Crippen molar-refractivity contribution in [3.63, 3.8) is 0 Å². The van der Waals surface area contributed by atoms with E-state index in [2.05, 4.69) is 24.1 Å². The van der Waals surface area contributed by atoms with Crippen LogP contribution in [0.15, 0.2) is 11.1 Å². The van der Waals surface area contributed by atoms with E-state index in [0.717, 1.165) is 6.54 Å². The van der Waals surface area contributed by atoms with Crippen molar-refractivity contribution in [2.45, 2.75) is 70.4 Å². The van der Waals surface area contributed by atoms with Crippen LogP contribution in [0.5, 0.6) is 0 Å². The van der Waals surface area contributed by atoms with E-state index in [1.54, 1.807) is 5.54 Å². The lowest BCUT2D eigenvalue weighted by Crippen LogP contribution is -2.65. The Balaban J connectivity index is 2.07. The van der Waals surface area contributed by atoms with Gasteiger partial charge in [-0.05, 0) is 31.8 Å². The van der Waals surface area contributed by atoms with Crippen LogP contribution < -0.4 is 5.32 Å². The maximum Gasteiger partial charge on any atom is 0.0338 e. The first kappa shape index (κ1) is 15.3. The van der Waals surface area contributed by atoms with Crippen molar-refractivity contribution in [3.8, 4) is 0 Å². The standard InChI is InChI=1S/C16H29ClN2/c1-3-7-15-12-19(11-14(2)10-17)16(13-18-15)8-5-4-6-9-16/h10,15,18H,3-9,11-13H2,1-2H3. The number of nitrogens with one attached hydrogen (secondary N) is 1. The minimum absolute atomic E-state index is 0.406. The number of hydrogen-bond donors (Lipinski definition) is 1. The summed E-state index contributed by atoms with van der Waals surface area (Å²) in [4.78, 5) is 2.73. The molecule has 2 rings (SSSR count). The van der Waals surface area contributed by atoms with Gasteiger partial charge in [-0.25, -0.2) is 0 Å². The van der Waals surface area contributed by atoms with Crippen LogP contribution in [0.4, 0.5) is 0 Å². The molecule has 0 aromatic heterocycles. The Labute approximate surface area is 123 Å². The number of nitrogens with zero attached hydrogens (tertiary/aromatic N) is 1. The molecule has 1 atom stereocenters. The molecule has 2 aliphatic rings. The van der Waals surface area contributed by atoms with Gasteiger partial charge >= 0.3 is 0 Å². The van der Waals surface area contributed by atoms with Gasteiger partial charge in [0.25, 0.3) is 0 Å². The first-order chi connectivity index (χ1) is 9.20. The van der Waals surface area contributed by atoms with E-state index in [1.807, 2.05) is 0 Å². The SMILES string of the molecule is CCCC1CN(CC(C)=CCl)C2(CCCCC2)CN1. The quantitative estimate of drug-likeness (QED) is 0.842. The molecular weight excluding hydrogens is 256 g/mol. The van der Waals surface area contributed by atoms with E-state index in [4.69, 9.17) is 11.6 Å². The molecule has 1 N–H and O–H groups in total. The van der Waals surface area contributed by atoms with Gasteiger partial charge in [0, 0.05) is 36.8 Å². The molecule has 1 saturated carbocycles. The van der Waals surface area contributed by atoms with Crippen LogP contribution in [0.3, 0.4) is 0 Å². The normalized spacial score (nSPS) is 28.8. The summed E-state index contributed by atoms with van der Waals surface area (Å²) in [7, 11) is 0. The van der Waals surface area contributed by atoms with Crippen molar-refractivity contribution in [1.82, 2.24) is 10.2 Å². The average Bonchev–Trinajstić information content (AvgIpc) is 2.44. The Kier molecular flexibility index (Phi) is 5.73. The zero-order valence-corrected chi connectivity index (χ0v) is 13.3. The molecule has 0 aromatic rings. The molecule has 3 heteroatoms. The van der Waals surface area contributed by atoms with Crippen LogP contribution in [-0.2, 0) is 0 Å². The molecule has 1 heterocycles. The van der Waals surface area contributed by atoms with Crippen LogP contribution in [-0.4, -0.2) is 36.1 Å². The molecule has 110 valence electrons. The highest BCUT2D eigenvalue weighted by Crippen LogP contribution is 2.36. The molecule has 1 aliphatic heterocycles. The van der Waals surface area contributed by atoms with E-state index >= 15 is 0 Å². The molecule has 2 nitrogen and oxygen atoms in total. The van der Waals surface area contributed by atoms with Gasteiger partial charge in [-0.15, -0.1) is 0 Å². The highest BCUT2D eigenvalue weighted by Gasteiger charge is 2.41. The van der Waals surface area contributed by atoms with Crippen molar-refractivity contribution in [2.24, 2.45) is 0 Å². The van der Waals surface area contributed by atoms with Crippen LogP contribution in [0, 0.1) is 0 Å². The van der Waals surface area contributed by atoms with Crippen LogP contribution in [0.2, 0.25) is 0 Å². The highest BCUT2D eigenvalue weighted by molar-refractivity contribution is 6.25. The summed E-state index contributed by atoms with van der Waals surface area (Å²) < 4.78 is 0. The Morgan fingerprint density at radius 1 is 1.37 bits per heavy atom. The Hall–Kier alpha value is -0.0500. The fourth-order valence-electron chi connectivity index (χ4n) is 3.78.